The number of ketones is 1. The van der Waals surface area contributed by atoms with Crippen LogP contribution in [0.25, 0.3) is 5.52 Å². The van der Waals surface area contributed by atoms with E-state index in [1.54, 1.807) is 14.2 Å². The number of rotatable bonds is 15. The lowest BCUT2D eigenvalue weighted by Crippen LogP contribution is -2.28. The van der Waals surface area contributed by atoms with Crippen LogP contribution >= 0.6 is 12.4 Å². The standard InChI is InChI=1S/C29H41N3O3.ClH/c1-6-8-17-31(18-9-7-2)19-12-16-30-24-15-14-23(21-26(24)34-4)28(33)27-22(3)29(35-5)25-13-10-11-20-32(25)27;/h10-11,13-15,20-21,30H,6-9,12,16-19H2,1-5H3;1H. The van der Waals surface area contributed by atoms with E-state index in [1.807, 2.05) is 53.9 Å². The first kappa shape index (κ1) is 29.5. The molecule has 3 rings (SSSR count). The van der Waals surface area contributed by atoms with Crippen molar-refractivity contribution in [3.63, 3.8) is 0 Å². The maximum Gasteiger partial charge on any atom is 0.210 e. The van der Waals surface area contributed by atoms with E-state index in [1.165, 1.54) is 38.8 Å². The Morgan fingerprint density at radius 2 is 1.67 bits per heavy atom. The van der Waals surface area contributed by atoms with Crippen LogP contribution in [0.5, 0.6) is 11.5 Å². The van der Waals surface area contributed by atoms with Gasteiger partial charge in [0, 0.05) is 23.9 Å². The van der Waals surface area contributed by atoms with Crippen LogP contribution in [0.3, 0.4) is 0 Å². The number of carbonyl (C=O) groups is 1. The van der Waals surface area contributed by atoms with Crippen molar-refractivity contribution in [2.75, 3.05) is 45.7 Å². The molecule has 0 spiro atoms. The second-order valence-corrected chi connectivity index (χ2v) is 9.04. The van der Waals surface area contributed by atoms with Gasteiger partial charge in [-0.2, -0.15) is 0 Å². The topological polar surface area (TPSA) is 55.2 Å². The highest BCUT2D eigenvalue weighted by Crippen LogP contribution is 2.33. The average molecular weight is 516 g/mol. The van der Waals surface area contributed by atoms with Gasteiger partial charge in [0.15, 0.2) is 0 Å². The second-order valence-electron chi connectivity index (χ2n) is 9.04. The monoisotopic (exact) mass is 515 g/mol. The van der Waals surface area contributed by atoms with Crippen LogP contribution < -0.4 is 14.8 Å². The fourth-order valence-electron chi connectivity index (χ4n) is 4.58. The summed E-state index contributed by atoms with van der Waals surface area (Å²) in [5.74, 6) is 1.35. The summed E-state index contributed by atoms with van der Waals surface area (Å²) < 4.78 is 13.1. The van der Waals surface area contributed by atoms with Gasteiger partial charge in [-0.1, -0.05) is 32.8 Å². The lowest BCUT2D eigenvalue weighted by atomic mass is 10.0. The van der Waals surface area contributed by atoms with Crippen LogP contribution in [-0.4, -0.2) is 55.5 Å². The highest BCUT2D eigenvalue weighted by Gasteiger charge is 2.23. The molecule has 198 valence electrons. The third-order valence-electron chi connectivity index (χ3n) is 6.53. The highest BCUT2D eigenvalue weighted by molar-refractivity contribution is 6.10. The van der Waals surface area contributed by atoms with Crippen LogP contribution in [0.2, 0.25) is 0 Å². The molecule has 2 aromatic heterocycles. The minimum absolute atomic E-state index is 0. The number of aromatic nitrogens is 1. The number of anilines is 1. The molecule has 0 aliphatic rings. The molecule has 0 bridgehead atoms. The van der Waals surface area contributed by atoms with Crippen molar-refractivity contribution >= 4 is 29.4 Å². The normalized spacial score (nSPS) is 10.9. The Balaban J connectivity index is 0.00000456. The molecule has 0 radical (unpaired) electrons. The summed E-state index contributed by atoms with van der Waals surface area (Å²) in [7, 11) is 3.28. The second kappa shape index (κ2) is 14.8. The smallest absolute Gasteiger partial charge is 0.210 e. The Bertz CT molecular complexity index is 1100. The van der Waals surface area contributed by atoms with Gasteiger partial charge < -0.3 is 24.1 Å². The van der Waals surface area contributed by atoms with Crippen LogP contribution in [0.4, 0.5) is 5.69 Å². The first-order chi connectivity index (χ1) is 17.0. The van der Waals surface area contributed by atoms with Crippen molar-refractivity contribution in [3.05, 3.63) is 59.4 Å². The molecular formula is C29H42ClN3O3. The minimum Gasteiger partial charge on any atom is -0.495 e. The molecule has 0 amide bonds. The molecule has 0 aliphatic heterocycles. The summed E-state index contributed by atoms with van der Waals surface area (Å²) in [5.41, 5.74) is 3.83. The van der Waals surface area contributed by atoms with Crippen LogP contribution in [-0.2, 0) is 0 Å². The van der Waals surface area contributed by atoms with Crippen molar-refractivity contribution in [2.45, 2.75) is 52.9 Å². The molecule has 0 fully saturated rings. The molecule has 2 heterocycles. The van der Waals surface area contributed by atoms with E-state index in [0.29, 0.717) is 17.0 Å². The number of hydrogen-bond acceptors (Lipinski definition) is 5. The summed E-state index contributed by atoms with van der Waals surface area (Å²) in [5, 5.41) is 3.50. The fraction of sp³-hybridized carbons (Fsp3) is 0.483. The highest BCUT2D eigenvalue weighted by atomic mass is 35.5. The van der Waals surface area contributed by atoms with E-state index in [-0.39, 0.29) is 18.2 Å². The van der Waals surface area contributed by atoms with E-state index < -0.39 is 0 Å². The van der Waals surface area contributed by atoms with Gasteiger partial charge in [-0.3, -0.25) is 4.79 Å². The molecule has 36 heavy (non-hydrogen) atoms. The van der Waals surface area contributed by atoms with E-state index in [4.69, 9.17) is 9.47 Å². The number of ether oxygens (including phenoxy) is 2. The number of unbranched alkanes of at least 4 members (excludes halogenated alkanes) is 2. The third-order valence-corrected chi connectivity index (χ3v) is 6.53. The van der Waals surface area contributed by atoms with Gasteiger partial charge >= 0.3 is 0 Å². The van der Waals surface area contributed by atoms with E-state index in [9.17, 15) is 4.79 Å². The zero-order chi connectivity index (χ0) is 25.2. The molecule has 0 saturated heterocycles. The SMILES string of the molecule is CCCCN(CCCC)CCCNc1ccc(C(=O)c2c(C)c(OC)c3ccccn23)cc1OC.Cl. The molecule has 0 unspecified atom stereocenters. The van der Waals surface area contributed by atoms with Gasteiger partial charge in [-0.25, -0.2) is 0 Å². The van der Waals surface area contributed by atoms with Gasteiger partial charge in [-0.05, 0) is 76.2 Å². The number of carbonyl (C=O) groups excluding carboxylic acids is 1. The molecule has 0 aliphatic carbocycles. The number of nitrogens with zero attached hydrogens (tertiary/aromatic N) is 2. The minimum atomic E-state index is -0.0562. The molecule has 0 saturated carbocycles. The predicted octanol–water partition coefficient (Wildman–Crippen LogP) is 6.62. The average Bonchev–Trinajstić information content (AvgIpc) is 3.17. The van der Waals surface area contributed by atoms with Crippen LogP contribution in [0.1, 0.15) is 67.6 Å². The van der Waals surface area contributed by atoms with Crippen molar-refractivity contribution < 1.29 is 14.3 Å². The molecule has 1 N–H and O–H groups in total. The van der Waals surface area contributed by atoms with Gasteiger partial charge in [0.2, 0.25) is 5.78 Å². The maximum absolute atomic E-state index is 13.5. The quantitative estimate of drug-likeness (QED) is 0.182. The van der Waals surface area contributed by atoms with Crippen LogP contribution in [0.15, 0.2) is 42.6 Å². The number of pyridine rings is 1. The van der Waals surface area contributed by atoms with Crippen LogP contribution in [0, 0.1) is 6.92 Å². The lowest BCUT2D eigenvalue weighted by Gasteiger charge is -2.22. The van der Waals surface area contributed by atoms with Gasteiger partial charge in [0.1, 0.15) is 17.2 Å². The Hall–Kier alpha value is -2.70. The largest absolute Gasteiger partial charge is 0.495 e. The summed E-state index contributed by atoms with van der Waals surface area (Å²) in [6.07, 6.45) is 7.93. The van der Waals surface area contributed by atoms with Gasteiger partial charge in [0.25, 0.3) is 0 Å². The Morgan fingerprint density at radius 1 is 0.972 bits per heavy atom. The molecule has 6 nitrogen and oxygen atoms in total. The Labute approximate surface area is 222 Å². The fourth-order valence-corrected chi connectivity index (χ4v) is 4.58. The Morgan fingerprint density at radius 3 is 2.31 bits per heavy atom. The summed E-state index contributed by atoms with van der Waals surface area (Å²) in [4.78, 5) is 16.1. The van der Waals surface area contributed by atoms with Gasteiger partial charge in [-0.15, -0.1) is 12.4 Å². The lowest BCUT2D eigenvalue weighted by molar-refractivity contribution is 0.103. The summed E-state index contributed by atoms with van der Waals surface area (Å²) >= 11 is 0. The number of benzene rings is 1. The number of nitrogens with one attached hydrogen (secondary N) is 1. The first-order valence-electron chi connectivity index (χ1n) is 12.9. The maximum atomic E-state index is 13.5. The number of halogens is 1. The van der Waals surface area contributed by atoms with Crippen molar-refractivity contribution in [2.24, 2.45) is 0 Å². The zero-order valence-electron chi connectivity index (χ0n) is 22.4. The Kier molecular flexibility index (Phi) is 12.1. The third kappa shape index (κ3) is 6.95. The summed E-state index contributed by atoms with van der Waals surface area (Å²) in [6, 6.07) is 11.5. The molecule has 3 aromatic rings. The summed E-state index contributed by atoms with van der Waals surface area (Å²) in [6.45, 7) is 10.7. The van der Waals surface area contributed by atoms with E-state index in [2.05, 4.69) is 24.1 Å². The van der Waals surface area contributed by atoms with Gasteiger partial charge in [0.05, 0.1) is 25.4 Å². The predicted molar refractivity (Wildman–Crippen MR) is 152 cm³/mol. The van der Waals surface area contributed by atoms with E-state index in [0.717, 1.165) is 42.0 Å². The molecule has 1 aromatic carbocycles. The number of fused-ring (bicyclic) bond motifs is 1. The van der Waals surface area contributed by atoms with Crippen molar-refractivity contribution in [3.8, 4) is 11.5 Å². The molecular weight excluding hydrogens is 474 g/mol. The first-order valence-corrected chi connectivity index (χ1v) is 12.9. The van der Waals surface area contributed by atoms with Crippen molar-refractivity contribution in [1.82, 2.24) is 9.30 Å². The number of hydrogen-bond donors (Lipinski definition) is 1. The molecule has 0 atom stereocenters. The zero-order valence-corrected chi connectivity index (χ0v) is 23.2. The molecule has 7 heteroatoms. The van der Waals surface area contributed by atoms with E-state index >= 15 is 0 Å². The number of methoxy groups -OCH3 is 2. The van der Waals surface area contributed by atoms with Crippen molar-refractivity contribution in [1.29, 1.82) is 0 Å².